The van der Waals surface area contributed by atoms with E-state index in [1.807, 2.05) is 6.92 Å². The van der Waals surface area contributed by atoms with Gasteiger partial charge in [0.1, 0.15) is 6.61 Å². The van der Waals surface area contributed by atoms with Crippen LogP contribution < -0.4 is 11.1 Å². The fourth-order valence-electron chi connectivity index (χ4n) is 10.6. The number of nitrogens with one attached hydrogen (secondary N) is 1. The first-order chi connectivity index (χ1) is 22.7. The average Bonchev–Trinajstić information content (AvgIpc) is 3.80. The van der Waals surface area contributed by atoms with Crippen molar-refractivity contribution in [1.29, 1.82) is 0 Å². The number of Topliss-reactive ketones (excluding diaryl/α,β-unsaturated/α-hetero) is 2. The van der Waals surface area contributed by atoms with Crippen LogP contribution in [0.25, 0.3) is 0 Å². The Balaban J connectivity index is 1.22. The standard InChI is InChI=1S/C38H60N2O7/c1-25(21-36(17-8-3-9-18-36)28-16-19-40-32(39)20-28)27(23-41)22-37-33(43)30-12-6-7-13-31(30)34(44)38(37,47-37)35(45)46-24-29(42)15-14-26-10-4-2-5-11-26/h26,28-32,40-42H,2-24,39H2,1H3. The summed E-state index contributed by atoms with van der Waals surface area (Å²) in [5, 5.41) is 24.9. The number of nitrogens with two attached hydrogens (primary N) is 1. The third-order valence-corrected chi connectivity index (χ3v) is 13.4. The normalized spacial score (nSPS) is 36.9. The number of allylic oxidation sites excluding steroid dienone is 1. The quantitative estimate of drug-likeness (QED) is 0.0980. The number of epoxide rings is 1. The van der Waals surface area contributed by atoms with Crippen LogP contribution in [-0.2, 0) is 23.9 Å². The summed E-state index contributed by atoms with van der Waals surface area (Å²) in [7, 11) is 0. The van der Waals surface area contributed by atoms with E-state index in [2.05, 4.69) is 5.32 Å². The van der Waals surface area contributed by atoms with Crippen molar-refractivity contribution < 1.29 is 34.1 Å². The third-order valence-electron chi connectivity index (χ3n) is 13.4. The molecule has 7 unspecified atom stereocenters. The van der Waals surface area contributed by atoms with E-state index in [0.717, 1.165) is 63.5 Å². The van der Waals surface area contributed by atoms with E-state index in [0.29, 0.717) is 36.7 Å². The number of esters is 1. The lowest BCUT2D eigenvalue weighted by Crippen LogP contribution is -2.58. The average molecular weight is 657 g/mol. The van der Waals surface area contributed by atoms with E-state index in [9.17, 15) is 24.6 Å². The Morgan fingerprint density at radius 1 is 0.957 bits per heavy atom. The van der Waals surface area contributed by atoms with Crippen molar-refractivity contribution in [3.63, 3.8) is 0 Å². The third kappa shape index (κ3) is 6.78. The Hall–Kier alpha value is -1.65. The highest BCUT2D eigenvalue weighted by Gasteiger charge is 2.87. The molecule has 4 aliphatic carbocycles. The molecular formula is C38H60N2O7. The van der Waals surface area contributed by atoms with Gasteiger partial charge in [0.2, 0.25) is 0 Å². The minimum atomic E-state index is -1.99. The van der Waals surface area contributed by atoms with Crippen LogP contribution in [0, 0.1) is 29.1 Å². The fraction of sp³-hybridized carbons (Fsp3) is 0.868. The molecule has 0 bridgehead atoms. The van der Waals surface area contributed by atoms with Gasteiger partial charge in [-0.3, -0.25) is 9.59 Å². The number of hydrogen-bond acceptors (Lipinski definition) is 9. The summed E-state index contributed by atoms with van der Waals surface area (Å²) in [5.41, 5.74) is 4.52. The van der Waals surface area contributed by atoms with Crippen LogP contribution in [0.2, 0.25) is 0 Å². The molecular weight excluding hydrogens is 596 g/mol. The Morgan fingerprint density at radius 2 is 1.62 bits per heavy atom. The summed E-state index contributed by atoms with van der Waals surface area (Å²) >= 11 is 0. The topological polar surface area (TPSA) is 151 Å². The zero-order valence-electron chi connectivity index (χ0n) is 28.7. The SMILES string of the molecule is CC(CC1(C2CCNC(N)C2)CCCCC1)=C(CO)CC12OC1(C(=O)OCC(O)CCC1CCCCC1)C(=O)C1CCCCC1C2=O. The minimum Gasteiger partial charge on any atom is -0.460 e. The molecule has 7 atom stereocenters. The van der Waals surface area contributed by atoms with E-state index in [4.69, 9.17) is 15.2 Å². The molecule has 0 aromatic rings. The van der Waals surface area contributed by atoms with Gasteiger partial charge >= 0.3 is 5.97 Å². The van der Waals surface area contributed by atoms with Crippen LogP contribution in [0.5, 0.6) is 0 Å². The summed E-state index contributed by atoms with van der Waals surface area (Å²) in [6, 6.07) is 0. The second-order valence-electron chi connectivity index (χ2n) is 16.3. The molecule has 6 rings (SSSR count). The maximum Gasteiger partial charge on any atom is 0.350 e. The summed E-state index contributed by atoms with van der Waals surface area (Å²) in [6.45, 7) is 2.46. The van der Waals surface area contributed by atoms with Crippen molar-refractivity contribution >= 4 is 17.5 Å². The molecule has 9 nitrogen and oxygen atoms in total. The fourth-order valence-corrected chi connectivity index (χ4v) is 10.6. The molecule has 4 saturated carbocycles. The van der Waals surface area contributed by atoms with E-state index < -0.39 is 35.1 Å². The minimum absolute atomic E-state index is 0.0142. The summed E-state index contributed by atoms with van der Waals surface area (Å²) in [6.07, 6.45) is 18.2. The van der Waals surface area contributed by atoms with Gasteiger partial charge in [-0.2, -0.15) is 0 Å². The Labute approximate surface area is 281 Å². The number of fused-ring (bicyclic) bond motifs is 2. The lowest BCUT2D eigenvalue weighted by molar-refractivity contribution is -0.161. The van der Waals surface area contributed by atoms with Crippen LogP contribution in [0.3, 0.4) is 0 Å². The van der Waals surface area contributed by atoms with Gasteiger partial charge in [-0.25, -0.2) is 4.79 Å². The first-order valence-electron chi connectivity index (χ1n) is 19.1. The highest BCUT2D eigenvalue weighted by Crippen LogP contribution is 2.62. The molecule has 9 heteroatoms. The van der Waals surface area contributed by atoms with Gasteiger partial charge in [-0.15, -0.1) is 0 Å². The van der Waals surface area contributed by atoms with Crippen LogP contribution in [0.4, 0.5) is 0 Å². The Kier molecular flexibility index (Phi) is 11.0. The smallest absolute Gasteiger partial charge is 0.350 e. The summed E-state index contributed by atoms with van der Waals surface area (Å²) in [5.74, 6) is -1.32. The number of ether oxygens (including phenoxy) is 2. The van der Waals surface area contributed by atoms with E-state index in [1.54, 1.807) is 0 Å². The summed E-state index contributed by atoms with van der Waals surface area (Å²) < 4.78 is 11.9. The van der Waals surface area contributed by atoms with Crippen molar-refractivity contribution in [2.75, 3.05) is 19.8 Å². The van der Waals surface area contributed by atoms with Gasteiger partial charge in [0.15, 0.2) is 17.2 Å². The zero-order valence-corrected chi connectivity index (χ0v) is 28.7. The van der Waals surface area contributed by atoms with Gasteiger partial charge in [0.25, 0.3) is 5.60 Å². The first kappa shape index (κ1) is 35.2. The highest BCUT2D eigenvalue weighted by atomic mass is 16.7. The number of aliphatic hydroxyl groups excluding tert-OH is 2. The van der Waals surface area contributed by atoms with Crippen molar-refractivity contribution in [2.24, 2.45) is 34.8 Å². The van der Waals surface area contributed by atoms with Crippen molar-refractivity contribution in [3.05, 3.63) is 11.1 Å². The van der Waals surface area contributed by atoms with Crippen LogP contribution >= 0.6 is 0 Å². The lowest BCUT2D eigenvalue weighted by atomic mass is 9.59. The van der Waals surface area contributed by atoms with Crippen molar-refractivity contribution in [1.82, 2.24) is 5.32 Å². The molecule has 6 fully saturated rings. The number of rotatable bonds is 12. The maximum absolute atomic E-state index is 14.3. The molecule has 0 amide bonds. The Bertz CT molecular complexity index is 1190. The van der Waals surface area contributed by atoms with Gasteiger partial charge in [0.05, 0.1) is 18.9 Å². The van der Waals surface area contributed by atoms with Gasteiger partial charge < -0.3 is 30.7 Å². The van der Waals surface area contributed by atoms with Gasteiger partial charge in [-0.1, -0.05) is 69.8 Å². The molecule has 47 heavy (non-hydrogen) atoms. The lowest BCUT2D eigenvalue weighted by Gasteiger charge is -2.47. The van der Waals surface area contributed by atoms with Gasteiger partial charge in [0, 0.05) is 18.3 Å². The van der Waals surface area contributed by atoms with Crippen molar-refractivity contribution in [2.45, 2.75) is 159 Å². The molecule has 6 aliphatic rings. The molecule has 0 aromatic carbocycles. The molecule has 0 aromatic heterocycles. The second kappa shape index (κ2) is 14.7. The predicted molar refractivity (Wildman–Crippen MR) is 178 cm³/mol. The molecule has 2 saturated heterocycles. The van der Waals surface area contributed by atoms with Crippen LogP contribution in [0.15, 0.2) is 11.1 Å². The maximum atomic E-state index is 14.3. The van der Waals surface area contributed by atoms with Crippen LogP contribution in [-0.4, -0.2) is 71.0 Å². The van der Waals surface area contributed by atoms with E-state index in [1.165, 1.54) is 51.4 Å². The summed E-state index contributed by atoms with van der Waals surface area (Å²) in [4.78, 5) is 42.5. The highest BCUT2D eigenvalue weighted by molar-refractivity contribution is 6.23. The number of carbonyl (C=O) groups excluding carboxylic acids is 3. The Morgan fingerprint density at radius 3 is 2.30 bits per heavy atom. The monoisotopic (exact) mass is 656 g/mol. The molecule has 2 heterocycles. The van der Waals surface area contributed by atoms with E-state index in [-0.39, 0.29) is 42.8 Å². The van der Waals surface area contributed by atoms with Gasteiger partial charge in [-0.05, 0) is 94.1 Å². The number of ketones is 2. The second-order valence-corrected chi connectivity index (χ2v) is 16.3. The number of hydrogen-bond donors (Lipinski definition) is 4. The number of aliphatic hydroxyl groups is 2. The first-order valence-corrected chi connectivity index (χ1v) is 19.1. The molecule has 0 radical (unpaired) electrons. The largest absolute Gasteiger partial charge is 0.460 e. The predicted octanol–water partition coefficient (Wildman–Crippen LogP) is 5.04. The molecule has 0 spiro atoms. The van der Waals surface area contributed by atoms with Crippen molar-refractivity contribution in [3.8, 4) is 0 Å². The number of piperidine rings is 1. The van der Waals surface area contributed by atoms with E-state index >= 15 is 0 Å². The molecule has 2 aliphatic heterocycles. The number of carbonyl (C=O) groups is 3. The molecule has 264 valence electrons. The zero-order chi connectivity index (χ0) is 33.2. The molecule has 5 N–H and O–H groups in total. The van der Waals surface area contributed by atoms with Crippen LogP contribution in [0.1, 0.15) is 135 Å².